The minimum absolute atomic E-state index is 0.0805. The first kappa shape index (κ1) is 24.0. The molecule has 35 heavy (non-hydrogen) atoms. The molecule has 2 saturated heterocycles. The maximum atomic E-state index is 15.0. The molecule has 186 valence electrons. The van der Waals surface area contributed by atoms with E-state index in [0.717, 1.165) is 6.21 Å². The number of carbonyl (C=O) groups is 3. The van der Waals surface area contributed by atoms with Crippen molar-refractivity contribution in [3.63, 3.8) is 0 Å². The van der Waals surface area contributed by atoms with Crippen LogP contribution in [0.4, 0.5) is 20.6 Å². The Morgan fingerprint density at radius 1 is 1.23 bits per heavy atom. The summed E-state index contributed by atoms with van der Waals surface area (Å²) in [6, 6.07) is 7.82. The average Bonchev–Trinajstić information content (AvgIpc) is 3.43. The zero-order valence-electron chi connectivity index (χ0n) is 19.1. The summed E-state index contributed by atoms with van der Waals surface area (Å²) >= 11 is 0. The Labute approximate surface area is 200 Å². The third kappa shape index (κ3) is 5.70. The summed E-state index contributed by atoms with van der Waals surface area (Å²) in [6.45, 7) is 3.54. The first-order chi connectivity index (χ1) is 16.8. The average molecular weight is 487 g/mol. The molecule has 0 spiro atoms. The number of hydrogen-bond acceptors (Lipinski definition) is 8. The fraction of sp³-hybridized carbons (Fsp3) is 0.391. The molecule has 0 aliphatic carbocycles. The molecule has 0 radical (unpaired) electrons. The van der Waals surface area contributed by atoms with Crippen LogP contribution in [-0.4, -0.2) is 79.6 Å². The van der Waals surface area contributed by atoms with E-state index < -0.39 is 18.0 Å². The van der Waals surface area contributed by atoms with Gasteiger partial charge in [0.1, 0.15) is 29.7 Å². The van der Waals surface area contributed by atoms with Crippen LogP contribution in [0.5, 0.6) is 0 Å². The van der Waals surface area contributed by atoms with E-state index in [9.17, 15) is 18.8 Å². The van der Waals surface area contributed by atoms with Crippen molar-refractivity contribution in [2.24, 2.45) is 5.16 Å². The van der Waals surface area contributed by atoms with E-state index in [0.29, 0.717) is 49.1 Å². The zero-order chi connectivity index (χ0) is 24.9. The Morgan fingerprint density at radius 2 is 2.00 bits per heavy atom. The minimum Gasteiger partial charge on any atom is -0.459 e. The second kappa shape index (κ2) is 10.5. The lowest BCUT2D eigenvalue weighted by Crippen LogP contribution is -2.49. The van der Waals surface area contributed by atoms with Gasteiger partial charge in [-0.25, -0.2) is 9.18 Å². The summed E-state index contributed by atoms with van der Waals surface area (Å²) < 4.78 is 25.6. The molecule has 11 nitrogen and oxygen atoms in total. The molecule has 2 aromatic rings. The van der Waals surface area contributed by atoms with Gasteiger partial charge in [-0.05, 0) is 30.3 Å². The lowest BCUT2D eigenvalue weighted by molar-refractivity contribution is -0.131. The van der Waals surface area contributed by atoms with Crippen molar-refractivity contribution in [2.75, 3.05) is 49.1 Å². The van der Waals surface area contributed by atoms with Crippen molar-refractivity contribution >= 4 is 35.5 Å². The number of benzene rings is 1. The third-order valence-electron chi connectivity index (χ3n) is 5.86. The molecule has 0 saturated carbocycles. The highest BCUT2D eigenvalue weighted by atomic mass is 19.1. The van der Waals surface area contributed by atoms with E-state index in [4.69, 9.17) is 14.4 Å². The smallest absolute Gasteiger partial charge is 0.414 e. The Kier molecular flexibility index (Phi) is 7.18. The fourth-order valence-corrected chi connectivity index (χ4v) is 4.09. The molecular weight excluding hydrogens is 461 g/mol. The second-order valence-corrected chi connectivity index (χ2v) is 8.28. The Balaban J connectivity index is 1.32. The van der Waals surface area contributed by atoms with Crippen LogP contribution in [0, 0.1) is 5.82 Å². The van der Waals surface area contributed by atoms with Crippen LogP contribution < -0.4 is 15.1 Å². The van der Waals surface area contributed by atoms with Gasteiger partial charge in [0.2, 0.25) is 11.8 Å². The van der Waals surface area contributed by atoms with Crippen molar-refractivity contribution in [1.82, 2.24) is 10.2 Å². The number of rotatable bonds is 7. The molecular formula is C23H26FN5O6. The number of ether oxygens (including phenoxy) is 1. The number of anilines is 2. The van der Waals surface area contributed by atoms with Gasteiger partial charge in [0.15, 0.2) is 0 Å². The Bertz CT molecular complexity index is 1130. The number of oxime groups is 1. The summed E-state index contributed by atoms with van der Waals surface area (Å²) in [5.74, 6) is 0.00994. The van der Waals surface area contributed by atoms with Gasteiger partial charge in [0.05, 0.1) is 30.9 Å². The lowest BCUT2D eigenvalue weighted by Gasteiger charge is -2.36. The van der Waals surface area contributed by atoms with Crippen LogP contribution >= 0.6 is 0 Å². The highest BCUT2D eigenvalue weighted by Crippen LogP contribution is 2.28. The van der Waals surface area contributed by atoms with Gasteiger partial charge in [-0.2, -0.15) is 0 Å². The number of amides is 3. The largest absolute Gasteiger partial charge is 0.459 e. The number of hydrogen-bond donors (Lipinski definition) is 2. The molecule has 2 N–H and O–H groups in total. The third-order valence-corrected chi connectivity index (χ3v) is 5.86. The summed E-state index contributed by atoms with van der Waals surface area (Å²) in [7, 11) is 0. The van der Waals surface area contributed by atoms with Crippen LogP contribution in [0.3, 0.4) is 0 Å². The molecule has 3 heterocycles. The molecule has 1 atom stereocenters. The molecule has 2 aliphatic rings. The number of nitrogens with zero attached hydrogens (tertiary/aromatic N) is 4. The standard InChI is InChI=1S/C23H26FN5O6/c1-15(30)25-12-19-14-29(23(32)35-19)16-2-5-21(20(24)10-16)27-6-8-28(9-7-27)22(31)11-17-3-4-18(34-17)13-26-33/h2-5,10,13,19,33H,6-9,11-12,14H2,1H3,(H,25,30)/b26-13-/t19-/m0/s1. The van der Waals surface area contributed by atoms with Gasteiger partial charge >= 0.3 is 6.09 Å². The fourth-order valence-electron chi connectivity index (χ4n) is 4.09. The van der Waals surface area contributed by atoms with Gasteiger partial charge in [0.25, 0.3) is 0 Å². The van der Waals surface area contributed by atoms with Crippen LogP contribution in [0.15, 0.2) is 39.9 Å². The van der Waals surface area contributed by atoms with Crippen molar-refractivity contribution < 1.29 is 33.1 Å². The molecule has 0 bridgehead atoms. The molecule has 4 rings (SSSR count). The van der Waals surface area contributed by atoms with E-state index in [1.54, 1.807) is 29.2 Å². The van der Waals surface area contributed by atoms with Gasteiger partial charge in [-0.15, -0.1) is 0 Å². The molecule has 2 aliphatic heterocycles. The number of halogens is 1. The molecule has 3 amide bonds. The highest BCUT2D eigenvalue weighted by Gasteiger charge is 2.33. The van der Waals surface area contributed by atoms with Crippen LogP contribution in [-0.2, 0) is 20.7 Å². The van der Waals surface area contributed by atoms with Crippen molar-refractivity contribution in [1.29, 1.82) is 0 Å². The zero-order valence-corrected chi connectivity index (χ0v) is 19.1. The number of carbonyl (C=O) groups excluding carboxylic acids is 3. The van der Waals surface area contributed by atoms with Crippen molar-refractivity contribution in [3.05, 3.63) is 47.7 Å². The highest BCUT2D eigenvalue weighted by molar-refractivity contribution is 5.90. The summed E-state index contributed by atoms with van der Waals surface area (Å²) in [5, 5.41) is 14.0. The monoisotopic (exact) mass is 487 g/mol. The van der Waals surface area contributed by atoms with Crippen LogP contribution in [0.1, 0.15) is 18.4 Å². The van der Waals surface area contributed by atoms with E-state index in [1.165, 1.54) is 17.9 Å². The molecule has 1 aromatic heterocycles. The number of nitrogens with one attached hydrogen (secondary N) is 1. The Hall–Kier alpha value is -4.09. The first-order valence-electron chi connectivity index (χ1n) is 11.1. The first-order valence-corrected chi connectivity index (χ1v) is 11.1. The predicted molar refractivity (Wildman–Crippen MR) is 123 cm³/mol. The maximum Gasteiger partial charge on any atom is 0.414 e. The van der Waals surface area contributed by atoms with E-state index >= 15 is 0 Å². The molecule has 12 heteroatoms. The van der Waals surface area contributed by atoms with Crippen LogP contribution in [0.2, 0.25) is 0 Å². The van der Waals surface area contributed by atoms with Gasteiger partial charge in [-0.3, -0.25) is 14.5 Å². The van der Waals surface area contributed by atoms with E-state index in [1.807, 2.05) is 4.90 Å². The van der Waals surface area contributed by atoms with Crippen LogP contribution in [0.25, 0.3) is 0 Å². The van der Waals surface area contributed by atoms with Gasteiger partial charge in [0, 0.05) is 33.1 Å². The quantitative estimate of drug-likeness (QED) is 0.345. The SMILES string of the molecule is CC(=O)NC[C@H]1CN(c2ccc(N3CCN(C(=O)Cc4ccc(/C=N\O)o4)CC3)c(F)c2)C(=O)O1. The second-order valence-electron chi connectivity index (χ2n) is 8.28. The summed E-state index contributed by atoms with van der Waals surface area (Å²) in [4.78, 5) is 40.7. The summed E-state index contributed by atoms with van der Waals surface area (Å²) in [6.07, 6.45) is 0.128. The van der Waals surface area contributed by atoms with E-state index in [-0.39, 0.29) is 31.3 Å². The lowest BCUT2D eigenvalue weighted by atomic mass is 10.2. The molecule has 2 fully saturated rings. The number of piperazine rings is 1. The van der Waals surface area contributed by atoms with E-state index in [2.05, 4.69) is 10.5 Å². The predicted octanol–water partition coefficient (Wildman–Crippen LogP) is 1.58. The number of cyclic esters (lactones) is 1. The minimum atomic E-state index is -0.591. The van der Waals surface area contributed by atoms with Crippen molar-refractivity contribution in [3.8, 4) is 0 Å². The molecule has 1 aromatic carbocycles. The topological polar surface area (TPSA) is 128 Å². The molecule has 0 unspecified atom stereocenters. The number of furan rings is 1. The van der Waals surface area contributed by atoms with Gasteiger partial charge < -0.3 is 29.5 Å². The Morgan fingerprint density at radius 3 is 2.69 bits per heavy atom. The van der Waals surface area contributed by atoms with Crippen molar-refractivity contribution in [2.45, 2.75) is 19.4 Å². The normalized spacial score (nSPS) is 18.3. The van der Waals surface area contributed by atoms with Gasteiger partial charge in [-0.1, -0.05) is 5.16 Å². The maximum absolute atomic E-state index is 15.0. The summed E-state index contributed by atoms with van der Waals surface area (Å²) in [5.41, 5.74) is 0.765.